The van der Waals surface area contributed by atoms with E-state index in [-0.39, 0.29) is 11.6 Å². The molecule has 0 aromatic carbocycles. The largest absolute Gasteiger partial charge is 0.338 e. The lowest BCUT2D eigenvalue weighted by molar-refractivity contribution is 0.250. The molecule has 0 fully saturated rings. The molecule has 6 nitrogen and oxygen atoms in total. The van der Waals surface area contributed by atoms with Gasteiger partial charge in [-0.15, -0.1) is 0 Å². The molecule has 0 aliphatic heterocycles. The fraction of sp³-hybridized carbons (Fsp3) is 0.636. The summed E-state index contributed by atoms with van der Waals surface area (Å²) >= 11 is 0. The van der Waals surface area contributed by atoms with Crippen LogP contribution >= 0.6 is 0 Å². The second kappa shape index (κ2) is 5.67. The van der Waals surface area contributed by atoms with Crippen LogP contribution in [-0.4, -0.2) is 29.8 Å². The monoisotopic (exact) mass is 240 g/mol. The maximum atomic E-state index is 11.4. The number of aromatic nitrogens is 1. The van der Waals surface area contributed by atoms with Gasteiger partial charge in [0.25, 0.3) is 0 Å². The molecule has 0 radical (unpaired) electrons. The normalized spacial score (nSPS) is 11.3. The van der Waals surface area contributed by atoms with Crippen LogP contribution in [0.4, 0.5) is 10.7 Å². The van der Waals surface area contributed by atoms with Gasteiger partial charge in [0.15, 0.2) is 0 Å². The summed E-state index contributed by atoms with van der Waals surface area (Å²) in [5.74, 6) is 0.351. The van der Waals surface area contributed by atoms with Crippen molar-refractivity contribution in [1.82, 2.24) is 15.8 Å². The summed E-state index contributed by atoms with van der Waals surface area (Å²) in [6, 6.07) is 1.37. The van der Waals surface area contributed by atoms with Crippen molar-refractivity contribution in [3.05, 3.63) is 11.8 Å². The number of aryl methyl sites for hydroxylation is 1. The Hall–Kier alpha value is -1.56. The summed E-state index contributed by atoms with van der Waals surface area (Å²) in [7, 11) is 0. The van der Waals surface area contributed by atoms with Crippen LogP contribution in [0.3, 0.4) is 0 Å². The number of rotatable bonds is 4. The van der Waals surface area contributed by atoms with Crippen molar-refractivity contribution in [2.45, 2.75) is 33.2 Å². The van der Waals surface area contributed by atoms with Crippen molar-refractivity contribution in [2.24, 2.45) is 0 Å². The first-order valence-corrected chi connectivity index (χ1v) is 5.60. The number of nitrogens with one attached hydrogen (secondary N) is 3. The fourth-order valence-corrected chi connectivity index (χ4v) is 1.19. The van der Waals surface area contributed by atoms with Gasteiger partial charge in [0, 0.05) is 24.7 Å². The van der Waals surface area contributed by atoms with E-state index in [2.05, 4.69) is 41.9 Å². The molecule has 96 valence electrons. The minimum absolute atomic E-state index is 0.0558. The van der Waals surface area contributed by atoms with E-state index >= 15 is 0 Å². The third-order valence-corrected chi connectivity index (χ3v) is 1.93. The first-order valence-electron chi connectivity index (χ1n) is 5.60. The Kier molecular flexibility index (Phi) is 4.51. The summed E-state index contributed by atoms with van der Waals surface area (Å²) < 4.78 is 4.86. The van der Waals surface area contributed by atoms with Gasteiger partial charge < -0.3 is 15.2 Å². The molecular formula is C11H20N4O2. The van der Waals surface area contributed by atoms with Crippen LogP contribution in [0.15, 0.2) is 10.6 Å². The Bertz CT molecular complexity index is 368. The van der Waals surface area contributed by atoms with Gasteiger partial charge in [-0.3, -0.25) is 5.32 Å². The molecule has 1 aromatic rings. The van der Waals surface area contributed by atoms with E-state index in [1.165, 1.54) is 0 Å². The van der Waals surface area contributed by atoms with E-state index in [1.54, 1.807) is 13.0 Å². The summed E-state index contributed by atoms with van der Waals surface area (Å²) in [6.07, 6.45) is 0. The molecule has 0 spiro atoms. The highest BCUT2D eigenvalue weighted by atomic mass is 16.5. The van der Waals surface area contributed by atoms with Crippen molar-refractivity contribution in [1.29, 1.82) is 0 Å². The number of amides is 2. The molecule has 0 saturated heterocycles. The average molecular weight is 240 g/mol. The van der Waals surface area contributed by atoms with Crippen LogP contribution < -0.4 is 16.0 Å². The van der Waals surface area contributed by atoms with E-state index < -0.39 is 0 Å². The number of carbonyl (C=O) groups excluding carboxylic acids is 1. The van der Waals surface area contributed by atoms with Gasteiger partial charge in [-0.1, -0.05) is 5.16 Å². The van der Waals surface area contributed by atoms with Crippen molar-refractivity contribution < 1.29 is 9.32 Å². The van der Waals surface area contributed by atoms with Gasteiger partial charge in [0.05, 0.1) is 5.69 Å². The predicted molar refractivity (Wildman–Crippen MR) is 66.0 cm³/mol. The maximum Gasteiger partial charge on any atom is 0.321 e. The van der Waals surface area contributed by atoms with Crippen LogP contribution in [0.1, 0.15) is 26.5 Å². The molecule has 6 heteroatoms. The molecule has 0 saturated carbocycles. The Morgan fingerprint density at radius 1 is 1.41 bits per heavy atom. The number of anilines is 1. The van der Waals surface area contributed by atoms with Crippen molar-refractivity contribution in [2.75, 3.05) is 18.4 Å². The van der Waals surface area contributed by atoms with Gasteiger partial charge in [-0.05, 0) is 27.7 Å². The minimum atomic E-state index is -0.295. The zero-order chi connectivity index (χ0) is 12.9. The topological polar surface area (TPSA) is 79.2 Å². The average Bonchev–Trinajstić information content (AvgIpc) is 2.57. The van der Waals surface area contributed by atoms with E-state index in [0.717, 1.165) is 5.69 Å². The third kappa shape index (κ3) is 5.91. The Labute approximate surface area is 101 Å². The second-order valence-electron chi connectivity index (χ2n) is 4.89. The first kappa shape index (κ1) is 13.5. The molecule has 0 atom stereocenters. The molecule has 3 N–H and O–H groups in total. The predicted octanol–water partition coefficient (Wildman–Crippen LogP) is 1.49. The Morgan fingerprint density at radius 2 is 2.12 bits per heavy atom. The first-order chi connectivity index (χ1) is 7.87. The Morgan fingerprint density at radius 3 is 2.65 bits per heavy atom. The highest BCUT2D eigenvalue weighted by molar-refractivity contribution is 5.87. The third-order valence-electron chi connectivity index (χ3n) is 1.93. The van der Waals surface area contributed by atoms with Crippen LogP contribution in [0.5, 0.6) is 0 Å². The lowest BCUT2D eigenvalue weighted by atomic mass is 10.1. The smallest absolute Gasteiger partial charge is 0.321 e. The molecule has 17 heavy (non-hydrogen) atoms. The molecule has 2 amide bonds. The van der Waals surface area contributed by atoms with Gasteiger partial charge in [0.1, 0.15) is 0 Å². The summed E-state index contributed by atoms with van der Waals surface area (Å²) in [5, 5.41) is 12.2. The molecule has 1 heterocycles. The highest BCUT2D eigenvalue weighted by Crippen LogP contribution is 2.07. The van der Waals surface area contributed by atoms with Crippen molar-refractivity contribution in [3.63, 3.8) is 0 Å². The number of urea groups is 1. The van der Waals surface area contributed by atoms with Crippen LogP contribution in [-0.2, 0) is 0 Å². The lowest BCUT2D eigenvalue weighted by Gasteiger charge is -2.20. The molecule has 1 aromatic heterocycles. The minimum Gasteiger partial charge on any atom is -0.338 e. The van der Waals surface area contributed by atoms with Gasteiger partial charge in [0.2, 0.25) is 5.88 Å². The quantitative estimate of drug-likeness (QED) is 0.697. The van der Waals surface area contributed by atoms with E-state index in [0.29, 0.717) is 19.0 Å². The number of carbonyl (C=O) groups is 1. The van der Waals surface area contributed by atoms with Crippen LogP contribution in [0.25, 0.3) is 0 Å². The number of hydrogen-bond donors (Lipinski definition) is 3. The summed E-state index contributed by atoms with van der Waals surface area (Å²) in [5.41, 5.74) is 0.787. The second-order valence-corrected chi connectivity index (χ2v) is 4.89. The van der Waals surface area contributed by atoms with Crippen LogP contribution in [0, 0.1) is 6.92 Å². The molecule has 0 aliphatic carbocycles. The van der Waals surface area contributed by atoms with Gasteiger partial charge in [-0.2, -0.15) is 0 Å². The SMILES string of the molecule is Cc1cc(NC(=O)NCCNC(C)(C)C)on1. The molecule has 0 aliphatic rings. The molecule has 0 bridgehead atoms. The van der Waals surface area contributed by atoms with Crippen LogP contribution in [0.2, 0.25) is 0 Å². The maximum absolute atomic E-state index is 11.4. The van der Waals surface area contributed by atoms with E-state index in [4.69, 9.17) is 4.52 Å². The summed E-state index contributed by atoms with van der Waals surface area (Å²) in [4.78, 5) is 11.4. The molecular weight excluding hydrogens is 220 g/mol. The zero-order valence-electron chi connectivity index (χ0n) is 10.8. The molecule has 0 unspecified atom stereocenters. The fourth-order valence-electron chi connectivity index (χ4n) is 1.19. The number of hydrogen-bond acceptors (Lipinski definition) is 4. The van der Waals surface area contributed by atoms with Gasteiger partial charge in [-0.25, -0.2) is 4.79 Å². The standard InChI is InChI=1S/C11H20N4O2/c1-8-7-9(17-15-8)14-10(16)12-5-6-13-11(2,3)4/h7,13H,5-6H2,1-4H3,(H2,12,14,16). The Balaban J connectivity index is 2.18. The van der Waals surface area contributed by atoms with Crippen molar-refractivity contribution in [3.8, 4) is 0 Å². The zero-order valence-corrected chi connectivity index (χ0v) is 10.8. The number of nitrogens with zero attached hydrogens (tertiary/aromatic N) is 1. The molecule has 1 rings (SSSR count). The highest BCUT2D eigenvalue weighted by Gasteiger charge is 2.08. The summed E-state index contributed by atoms with van der Waals surface area (Å²) in [6.45, 7) is 9.28. The van der Waals surface area contributed by atoms with E-state index in [1.807, 2.05) is 0 Å². The van der Waals surface area contributed by atoms with Gasteiger partial charge >= 0.3 is 6.03 Å². The van der Waals surface area contributed by atoms with Crippen molar-refractivity contribution >= 4 is 11.9 Å². The lowest BCUT2D eigenvalue weighted by Crippen LogP contribution is -2.42. The van der Waals surface area contributed by atoms with E-state index in [9.17, 15) is 4.79 Å².